The van der Waals surface area contributed by atoms with Crippen LogP contribution in [0.4, 0.5) is 45.3 Å². The number of anilines is 1. The number of aryl methyl sites for hydroxylation is 1. The molecule has 336 valence electrons. The first-order valence-electron chi connectivity index (χ1n) is 17.7. The number of nitrogens with one attached hydrogen (secondary N) is 1. The SMILES string of the molecule is Cc1ccc2nc(C(=O)N3CCN(Cc4ccc5c(c4)OCO5)CC3)nc(NC3CCCCC3N=C(N)N)c2c1.O=C(O)C(F)(F)F.O=C(O)C(F)(F)F.O=C(O)C(F)(F)F. The first-order chi connectivity index (χ1) is 28.3. The lowest BCUT2D eigenvalue weighted by molar-refractivity contribution is -0.193. The summed E-state index contributed by atoms with van der Waals surface area (Å²) in [6, 6.07) is 12.0. The molecule has 0 spiro atoms. The fraction of sp³-hybridized carbons (Fsp3) is 0.457. The molecule has 8 N–H and O–H groups in total. The number of fused-ring (bicyclic) bond motifs is 2. The predicted octanol–water partition coefficient (Wildman–Crippen LogP) is 4.52. The van der Waals surface area contributed by atoms with Gasteiger partial charge in [0, 0.05) is 38.1 Å². The van der Waals surface area contributed by atoms with E-state index in [0.717, 1.165) is 78.8 Å². The number of aliphatic imine (C=N–C) groups is 1. The van der Waals surface area contributed by atoms with E-state index in [4.69, 9.17) is 55.6 Å². The average molecular weight is 887 g/mol. The molecule has 0 radical (unpaired) electrons. The van der Waals surface area contributed by atoms with Gasteiger partial charge in [0.25, 0.3) is 5.91 Å². The Bertz CT molecular complexity index is 2000. The molecule has 6 rings (SSSR count). The molecule has 2 aromatic carbocycles. The van der Waals surface area contributed by atoms with E-state index in [9.17, 15) is 44.3 Å². The summed E-state index contributed by atoms with van der Waals surface area (Å²) < 4.78 is 106. The van der Waals surface area contributed by atoms with Crippen LogP contribution in [0.5, 0.6) is 11.5 Å². The number of carboxylic acid groups (broad SMARTS) is 3. The van der Waals surface area contributed by atoms with Gasteiger partial charge in [-0.25, -0.2) is 29.3 Å². The number of aliphatic carboxylic acids is 3. The fourth-order valence-corrected chi connectivity index (χ4v) is 5.80. The summed E-state index contributed by atoms with van der Waals surface area (Å²) >= 11 is 0. The Morgan fingerprint density at radius 2 is 1.33 bits per heavy atom. The number of aromatic nitrogens is 2. The molecule has 26 heteroatoms. The van der Waals surface area contributed by atoms with Crippen LogP contribution >= 0.6 is 0 Å². The molecule has 3 aromatic rings. The van der Waals surface area contributed by atoms with E-state index in [2.05, 4.69) is 32.3 Å². The van der Waals surface area contributed by atoms with Crippen molar-refractivity contribution in [1.29, 1.82) is 0 Å². The second-order valence-corrected chi connectivity index (χ2v) is 13.2. The first kappa shape index (κ1) is 49.0. The van der Waals surface area contributed by atoms with Gasteiger partial charge in [-0.05, 0) is 49.6 Å². The molecule has 2 atom stereocenters. The van der Waals surface area contributed by atoms with Gasteiger partial charge >= 0.3 is 36.4 Å². The largest absolute Gasteiger partial charge is 0.490 e. The van der Waals surface area contributed by atoms with E-state index >= 15 is 0 Å². The zero-order valence-electron chi connectivity index (χ0n) is 31.8. The third-order valence-corrected chi connectivity index (χ3v) is 8.64. The zero-order chi connectivity index (χ0) is 45.9. The summed E-state index contributed by atoms with van der Waals surface area (Å²) in [4.78, 5) is 58.4. The molecule has 61 heavy (non-hydrogen) atoms. The van der Waals surface area contributed by atoms with Crippen LogP contribution < -0.4 is 26.3 Å². The van der Waals surface area contributed by atoms with Crippen molar-refractivity contribution >= 4 is 46.5 Å². The molecule has 0 bridgehead atoms. The molecule has 1 saturated heterocycles. The van der Waals surface area contributed by atoms with E-state index in [-0.39, 0.29) is 36.6 Å². The molecule has 1 amide bonds. The lowest BCUT2D eigenvalue weighted by atomic mass is 9.90. The minimum Gasteiger partial charge on any atom is -0.475 e. The van der Waals surface area contributed by atoms with Gasteiger partial charge in [-0.1, -0.05) is 30.5 Å². The highest BCUT2D eigenvalue weighted by molar-refractivity contribution is 5.97. The van der Waals surface area contributed by atoms with E-state index < -0.39 is 36.4 Å². The highest BCUT2D eigenvalue weighted by atomic mass is 19.4. The fourth-order valence-electron chi connectivity index (χ4n) is 5.80. The number of carbonyl (C=O) groups excluding carboxylic acids is 1. The summed E-state index contributed by atoms with van der Waals surface area (Å²) in [7, 11) is 0. The smallest absolute Gasteiger partial charge is 0.475 e. The maximum atomic E-state index is 13.6. The van der Waals surface area contributed by atoms with Crippen molar-refractivity contribution in [3.8, 4) is 11.5 Å². The number of guanidine groups is 1. The maximum Gasteiger partial charge on any atom is 0.490 e. The Kier molecular flexibility index (Phi) is 16.7. The zero-order valence-corrected chi connectivity index (χ0v) is 31.8. The molecule has 1 aliphatic carbocycles. The van der Waals surface area contributed by atoms with Crippen molar-refractivity contribution in [2.45, 2.75) is 69.8 Å². The van der Waals surface area contributed by atoms with Gasteiger partial charge in [-0.2, -0.15) is 39.5 Å². The lowest BCUT2D eigenvalue weighted by Crippen LogP contribution is -2.48. The lowest BCUT2D eigenvalue weighted by Gasteiger charge is -2.34. The van der Waals surface area contributed by atoms with Crippen molar-refractivity contribution in [3.63, 3.8) is 0 Å². The Morgan fingerprint density at radius 1 is 0.787 bits per heavy atom. The van der Waals surface area contributed by atoms with E-state index in [1.807, 2.05) is 36.1 Å². The quantitative estimate of drug-likeness (QED) is 0.113. The molecule has 1 saturated carbocycles. The predicted molar refractivity (Wildman–Crippen MR) is 195 cm³/mol. The number of nitrogens with two attached hydrogens (primary N) is 2. The minimum absolute atomic E-state index is 0.0251. The number of alkyl halides is 9. The molecular weight excluding hydrogens is 847 g/mol. The van der Waals surface area contributed by atoms with Crippen LogP contribution in [-0.2, 0) is 20.9 Å². The van der Waals surface area contributed by atoms with Crippen LogP contribution in [0.2, 0.25) is 0 Å². The summed E-state index contributed by atoms with van der Waals surface area (Å²) in [5.41, 5.74) is 14.4. The minimum atomic E-state index is -5.08. The van der Waals surface area contributed by atoms with Crippen LogP contribution in [0.1, 0.15) is 47.4 Å². The number of carboxylic acids is 3. The number of halogens is 9. The van der Waals surface area contributed by atoms with Gasteiger partial charge in [-0.3, -0.25) is 9.69 Å². The number of ether oxygens (including phenoxy) is 2. The third kappa shape index (κ3) is 15.3. The molecule has 3 heterocycles. The molecular formula is C35H39F9N8O9. The van der Waals surface area contributed by atoms with Gasteiger partial charge in [-0.15, -0.1) is 0 Å². The van der Waals surface area contributed by atoms with Gasteiger partial charge in [0.05, 0.1) is 17.6 Å². The Balaban J connectivity index is 0.000000390. The van der Waals surface area contributed by atoms with Crippen LogP contribution in [-0.4, -0.2) is 128 Å². The molecule has 1 aromatic heterocycles. The molecule has 2 unspecified atom stereocenters. The number of piperazine rings is 1. The number of hydrogen-bond acceptors (Lipinski definition) is 11. The van der Waals surface area contributed by atoms with Gasteiger partial charge in [0.1, 0.15) is 5.82 Å². The van der Waals surface area contributed by atoms with Crippen LogP contribution in [0.15, 0.2) is 41.4 Å². The van der Waals surface area contributed by atoms with Gasteiger partial charge in [0.15, 0.2) is 17.5 Å². The van der Waals surface area contributed by atoms with Gasteiger partial charge in [0.2, 0.25) is 12.6 Å². The second kappa shape index (κ2) is 20.8. The molecule has 2 fully saturated rings. The number of carbonyl (C=O) groups is 4. The van der Waals surface area contributed by atoms with Crippen LogP contribution in [0.3, 0.4) is 0 Å². The first-order valence-corrected chi connectivity index (χ1v) is 17.7. The highest BCUT2D eigenvalue weighted by Crippen LogP contribution is 2.33. The van der Waals surface area contributed by atoms with Crippen molar-refractivity contribution < 1.29 is 83.5 Å². The Hall–Kier alpha value is -6.34. The number of amides is 1. The number of hydrogen-bond donors (Lipinski definition) is 6. The number of nitrogens with zero attached hydrogens (tertiary/aromatic N) is 5. The second-order valence-electron chi connectivity index (χ2n) is 13.2. The number of benzene rings is 2. The monoisotopic (exact) mass is 886 g/mol. The average Bonchev–Trinajstić information content (AvgIpc) is 3.63. The van der Waals surface area contributed by atoms with Gasteiger partial charge < -0.3 is 46.5 Å². The van der Waals surface area contributed by atoms with E-state index in [1.165, 1.54) is 0 Å². The summed E-state index contributed by atoms with van der Waals surface area (Å²) in [5.74, 6) is -5.90. The van der Waals surface area contributed by atoms with Crippen molar-refractivity contribution in [2.75, 3.05) is 38.3 Å². The van der Waals surface area contributed by atoms with Crippen molar-refractivity contribution in [3.05, 3.63) is 53.3 Å². The summed E-state index contributed by atoms with van der Waals surface area (Å²) in [6.45, 7) is 5.84. The summed E-state index contributed by atoms with van der Waals surface area (Å²) in [5, 5.41) is 25.9. The van der Waals surface area contributed by atoms with Crippen molar-refractivity contribution in [2.24, 2.45) is 16.5 Å². The van der Waals surface area contributed by atoms with E-state index in [0.29, 0.717) is 18.9 Å². The standard InChI is InChI=1S/C29H36N8O3.3C2HF3O2/c1-18-6-8-21-20(14-18)26(33-22-4-2-3-5-23(22)34-29(30)31)35-27(32-21)28(38)37-12-10-36(11-13-37)16-19-7-9-24-25(15-19)40-17-39-24;3*3-2(4,5)1(6)7/h6-9,14-15,22-23H,2-5,10-13,16-17H2,1H3,(H4,30,31,34)(H,32,33,35);3*(H,6,7). The van der Waals surface area contributed by atoms with Crippen molar-refractivity contribution in [1.82, 2.24) is 19.8 Å². The number of rotatable bonds is 6. The van der Waals surface area contributed by atoms with E-state index in [1.54, 1.807) is 0 Å². The Labute approximate surface area is 339 Å². The van der Waals surface area contributed by atoms with Crippen LogP contribution in [0.25, 0.3) is 10.9 Å². The normalized spacial score (nSPS) is 17.6. The third-order valence-electron chi connectivity index (χ3n) is 8.64. The molecule has 17 nitrogen and oxygen atoms in total. The molecule has 3 aliphatic rings. The topological polar surface area (TPSA) is 256 Å². The summed E-state index contributed by atoms with van der Waals surface area (Å²) in [6.07, 6.45) is -11.3. The van der Waals surface area contributed by atoms with Crippen LogP contribution in [0, 0.1) is 6.92 Å². The molecule has 2 aliphatic heterocycles. The maximum absolute atomic E-state index is 13.6. The highest BCUT2D eigenvalue weighted by Gasteiger charge is 2.39. The Morgan fingerprint density at radius 3 is 1.87 bits per heavy atom.